The average Bonchev–Trinajstić information content (AvgIpc) is 3.12. The summed E-state index contributed by atoms with van der Waals surface area (Å²) in [5.41, 5.74) is 1.17. The van der Waals surface area contributed by atoms with Gasteiger partial charge in [0.25, 0.3) is 5.91 Å². The van der Waals surface area contributed by atoms with Gasteiger partial charge in [0.2, 0.25) is 0 Å². The Morgan fingerprint density at radius 1 is 1.25 bits per heavy atom. The Balaban J connectivity index is 1.62. The van der Waals surface area contributed by atoms with E-state index >= 15 is 0 Å². The van der Waals surface area contributed by atoms with Crippen molar-refractivity contribution in [2.75, 3.05) is 19.7 Å². The molecule has 0 N–H and O–H groups in total. The van der Waals surface area contributed by atoms with Gasteiger partial charge >= 0.3 is 5.97 Å². The van der Waals surface area contributed by atoms with Crippen LogP contribution < -0.4 is 0 Å². The molecular formula is C18H20N2O4. The molecule has 1 aliphatic rings. The van der Waals surface area contributed by atoms with Gasteiger partial charge in [0.15, 0.2) is 11.5 Å². The summed E-state index contributed by atoms with van der Waals surface area (Å²) in [5.74, 6) is 0.118. The molecule has 0 saturated carbocycles. The van der Waals surface area contributed by atoms with Crippen molar-refractivity contribution in [2.45, 2.75) is 19.8 Å². The lowest BCUT2D eigenvalue weighted by molar-refractivity contribution is -0.149. The molecule has 0 radical (unpaired) electrons. The van der Waals surface area contributed by atoms with E-state index in [0.29, 0.717) is 44.0 Å². The van der Waals surface area contributed by atoms with Crippen molar-refractivity contribution in [3.05, 3.63) is 42.1 Å². The maximum atomic E-state index is 12.5. The van der Waals surface area contributed by atoms with Crippen molar-refractivity contribution in [3.63, 3.8) is 0 Å². The Morgan fingerprint density at radius 2 is 1.96 bits per heavy atom. The largest absolute Gasteiger partial charge is 0.466 e. The SMILES string of the molecule is CCOC(=O)C1CCN(C(=O)c2cc(-c3ccccc3)on2)CC1. The number of piperidine rings is 1. The summed E-state index contributed by atoms with van der Waals surface area (Å²) in [4.78, 5) is 26.0. The normalized spacial score (nSPS) is 15.3. The highest BCUT2D eigenvalue weighted by molar-refractivity contribution is 5.93. The molecule has 0 unspecified atom stereocenters. The molecule has 2 aromatic rings. The van der Waals surface area contributed by atoms with Crippen LogP contribution in [0.4, 0.5) is 0 Å². The Labute approximate surface area is 140 Å². The molecule has 1 amide bonds. The number of esters is 1. The van der Waals surface area contributed by atoms with Crippen LogP contribution in [0.1, 0.15) is 30.3 Å². The van der Waals surface area contributed by atoms with Crippen LogP contribution in [-0.2, 0) is 9.53 Å². The standard InChI is InChI=1S/C18H20N2O4/c1-2-23-18(22)14-8-10-20(11-9-14)17(21)15-12-16(24-19-15)13-6-4-3-5-7-13/h3-7,12,14H,2,8-11H2,1H3. The Bertz CT molecular complexity index is 703. The number of carbonyl (C=O) groups excluding carboxylic acids is 2. The molecule has 1 saturated heterocycles. The molecule has 1 aliphatic heterocycles. The molecule has 6 nitrogen and oxygen atoms in total. The van der Waals surface area contributed by atoms with Crippen LogP contribution in [0.5, 0.6) is 0 Å². The smallest absolute Gasteiger partial charge is 0.309 e. The maximum absolute atomic E-state index is 12.5. The minimum atomic E-state index is -0.169. The zero-order chi connectivity index (χ0) is 16.9. The van der Waals surface area contributed by atoms with Crippen molar-refractivity contribution in [3.8, 4) is 11.3 Å². The van der Waals surface area contributed by atoms with E-state index in [2.05, 4.69) is 5.16 Å². The molecule has 0 atom stereocenters. The average molecular weight is 328 g/mol. The number of rotatable bonds is 4. The highest BCUT2D eigenvalue weighted by Crippen LogP contribution is 2.23. The zero-order valence-electron chi connectivity index (χ0n) is 13.6. The number of hydrogen-bond donors (Lipinski definition) is 0. The fourth-order valence-corrected chi connectivity index (χ4v) is 2.85. The van der Waals surface area contributed by atoms with E-state index < -0.39 is 0 Å². The van der Waals surface area contributed by atoms with Crippen molar-refractivity contribution in [1.29, 1.82) is 0 Å². The molecular weight excluding hydrogens is 308 g/mol. The molecule has 24 heavy (non-hydrogen) atoms. The highest BCUT2D eigenvalue weighted by atomic mass is 16.5. The second kappa shape index (κ2) is 7.29. The van der Waals surface area contributed by atoms with Crippen LogP contribution in [0.2, 0.25) is 0 Å². The summed E-state index contributed by atoms with van der Waals surface area (Å²) in [6.45, 7) is 3.23. The van der Waals surface area contributed by atoms with Gasteiger partial charge in [-0.3, -0.25) is 9.59 Å². The van der Waals surface area contributed by atoms with Crippen molar-refractivity contribution < 1.29 is 18.8 Å². The van der Waals surface area contributed by atoms with E-state index in [1.165, 1.54) is 0 Å². The van der Waals surface area contributed by atoms with E-state index in [1.807, 2.05) is 30.3 Å². The quantitative estimate of drug-likeness (QED) is 0.807. The van der Waals surface area contributed by atoms with Crippen molar-refractivity contribution >= 4 is 11.9 Å². The Hall–Kier alpha value is -2.63. The van der Waals surface area contributed by atoms with Gasteiger partial charge in [0.1, 0.15) is 0 Å². The third-order valence-corrected chi connectivity index (χ3v) is 4.19. The number of amides is 1. The van der Waals surface area contributed by atoms with Gasteiger partial charge < -0.3 is 14.2 Å². The number of aromatic nitrogens is 1. The third-order valence-electron chi connectivity index (χ3n) is 4.19. The fraction of sp³-hybridized carbons (Fsp3) is 0.389. The molecule has 0 aliphatic carbocycles. The van der Waals surface area contributed by atoms with E-state index in [9.17, 15) is 9.59 Å². The molecule has 6 heteroatoms. The van der Waals surface area contributed by atoms with Crippen LogP contribution in [0.25, 0.3) is 11.3 Å². The molecule has 3 rings (SSSR count). The second-order valence-corrected chi connectivity index (χ2v) is 5.76. The van der Waals surface area contributed by atoms with Gasteiger partial charge in [-0.2, -0.15) is 0 Å². The molecule has 1 aromatic heterocycles. The first-order valence-electron chi connectivity index (χ1n) is 8.17. The monoisotopic (exact) mass is 328 g/mol. The molecule has 2 heterocycles. The number of hydrogen-bond acceptors (Lipinski definition) is 5. The van der Waals surface area contributed by atoms with E-state index in [0.717, 1.165) is 5.56 Å². The van der Waals surface area contributed by atoms with Gasteiger partial charge in [0, 0.05) is 24.7 Å². The predicted octanol–water partition coefficient (Wildman–Crippen LogP) is 2.76. The summed E-state index contributed by atoms with van der Waals surface area (Å²) in [6, 6.07) is 11.2. The number of carbonyl (C=O) groups is 2. The molecule has 126 valence electrons. The Morgan fingerprint density at radius 3 is 2.62 bits per heavy atom. The molecule has 0 spiro atoms. The lowest BCUT2D eigenvalue weighted by Gasteiger charge is -2.30. The van der Waals surface area contributed by atoms with Crippen molar-refractivity contribution in [2.24, 2.45) is 5.92 Å². The van der Waals surface area contributed by atoms with Gasteiger partial charge in [0.05, 0.1) is 12.5 Å². The Kier molecular flexibility index (Phi) is 4.93. The number of nitrogens with zero attached hydrogens (tertiary/aromatic N) is 2. The van der Waals surface area contributed by atoms with Crippen LogP contribution in [0.3, 0.4) is 0 Å². The van der Waals surface area contributed by atoms with Crippen LogP contribution in [-0.4, -0.2) is 41.6 Å². The number of likely N-dealkylation sites (tertiary alicyclic amines) is 1. The number of ether oxygens (including phenoxy) is 1. The van der Waals surface area contributed by atoms with Gasteiger partial charge in [-0.25, -0.2) is 0 Å². The highest BCUT2D eigenvalue weighted by Gasteiger charge is 2.29. The zero-order valence-corrected chi connectivity index (χ0v) is 13.6. The van der Waals surface area contributed by atoms with Gasteiger partial charge in [-0.1, -0.05) is 35.5 Å². The summed E-state index contributed by atoms with van der Waals surface area (Å²) < 4.78 is 10.3. The first kappa shape index (κ1) is 16.2. The first-order valence-corrected chi connectivity index (χ1v) is 8.17. The number of benzene rings is 1. The summed E-state index contributed by atoms with van der Waals surface area (Å²) >= 11 is 0. The third kappa shape index (κ3) is 3.48. The van der Waals surface area contributed by atoms with E-state index in [1.54, 1.807) is 17.9 Å². The minimum Gasteiger partial charge on any atom is -0.466 e. The minimum absolute atomic E-state index is 0.119. The van der Waals surface area contributed by atoms with Crippen LogP contribution in [0.15, 0.2) is 40.9 Å². The lowest BCUT2D eigenvalue weighted by Crippen LogP contribution is -2.40. The van der Waals surface area contributed by atoms with Crippen LogP contribution in [0, 0.1) is 5.92 Å². The van der Waals surface area contributed by atoms with Crippen molar-refractivity contribution in [1.82, 2.24) is 10.1 Å². The molecule has 1 aromatic carbocycles. The fourth-order valence-electron chi connectivity index (χ4n) is 2.85. The maximum Gasteiger partial charge on any atom is 0.309 e. The lowest BCUT2D eigenvalue weighted by atomic mass is 9.97. The summed E-state index contributed by atoms with van der Waals surface area (Å²) in [7, 11) is 0. The second-order valence-electron chi connectivity index (χ2n) is 5.76. The van der Waals surface area contributed by atoms with Gasteiger partial charge in [-0.05, 0) is 19.8 Å². The molecule has 1 fully saturated rings. The predicted molar refractivity (Wildman–Crippen MR) is 87.2 cm³/mol. The van der Waals surface area contributed by atoms with Gasteiger partial charge in [-0.15, -0.1) is 0 Å². The van der Waals surface area contributed by atoms with E-state index in [4.69, 9.17) is 9.26 Å². The first-order chi connectivity index (χ1) is 11.7. The molecule has 0 bridgehead atoms. The van der Waals surface area contributed by atoms with E-state index in [-0.39, 0.29) is 17.8 Å². The summed E-state index contributed by atoms with van der Waals surface area (Å²) in [6.07, 6.45) is 1.24. The summed E-state index contributed by atoms with van der Waals surface area (Å²) in [5, 5.41) is 3.89. The topological polar surface area (TPSA) is 72.6 Å². The van der Waals surface area contributed by atoms with Crippen LogP contribution >= 0.6 is 0 Å².